The Morgan fingerprint density at radius 2 is 2.05 bits per heavy atom. The zero-order chi connectivity index (χ0) is 14.5. The third-order valence-electron chi connectivity index (χ3n) is 2.58. The fourth-order valence-electron chi connectivity index (χ4n) is 1.67. The summed E-state index contributed by atoms with van der Waals surface area (Å²) in [5.41, 5.74) is 0.619. The van der Waals surface area contributed by atoms with Gasteiger partial charge in [-0.3, -0.25) is 4.98 Å². The Kier molecular flexibility index (Phi) is 4.14. The highest BCUT2D eigenvalue weighted by atomic mass is 16.5. The average Bonchev–Trinajstić information content (AvgIpc) is 2.94. The molecule has 20 heavy (non-hydrogen) atoms. The number of hydrogen-bond donors (Lipinski definition) is 0. The molecule has 106 valence electrons. The van der Waals surface area contributed by atoms with Gasteiger partial charge in [0, 0.05) is 12.3 Å². The van der Waals surface area contributed by atoms with E-state index < -0.39 is 5.97 Å². The Balaban J connectivity index is 2.26. The molecule has 0 N–H and O–H groups in total. The molecule has 2 aromatic heterocycles. The molecule has 0 aromatic carbocycles. The number of esters is 1. The summed E-state index contributed by atoms with van der Waals surface area (Å²) in [4.78, 5) is 19.4. The zero-order valence-electron chi connectivity index (χ0n) is 11.4. The molecule has 0 radical (unpaired) electrons. The fraction of sp³-hybridized carbons (Fsp3) is 0.333. The van der Waals surface area contributed by atoms with Crippen molar-refractivity contribution in [3.05, 3.63) is 30.1 Å². The van der Waals surface area contributed by atoms with Gasteiger partial charge in [0.1, 0.15) is 12.0 Å². The van der Waals surface area contributed by atoms with E-state index in [1.807, 2.05) is 0 Å². The maximum absolute atomic E-state index is 11.3. The molecule has 0 aliphatic carbocycles. The van der Waals surface area contributed by atoms with Crippen molar-refractivity contribution < 1.29 is 19.0 Å². The van der Waals surface area contributed by atoms with Crippen molar-refractivity contribution in [1.29, 1.82) is 0 Å². The van der Waals surface area contributed by atoms with Gasteiger partial charge in [0.05, 0.1) is 27.9 Å². The van der Waals surface area contributed by atoms with Crippen molar-refractivity contribution in [3.63, 3.8) is 0 Å². The molecule has 0 spiro atoms. The number of nitrogens with zero attached hydrogens (tertiary/aromatic N) is 4. The Bertz CT molecular complexity index is 611. The first-order chi connectivity index (χ1) is 9.69. The third-order valence-corrected chi connectivity index (χ3v) is 2.58. The van der Waals surface area contributed by atoms with Gasteiger partial charge >= 0.3 is 5.97 Å². The number of aromatic nitrogens is 4. The molecule has 2 aromatic rings. The summed E-state index contributed by atoms with van der Waals surface area (Å²) < 4.78 is 16.5. The van der Waals surface area contributed by atoms with E-state index in [1.165, 1.54) is 25.2 Å². The van der Waals surface area contributed by atoms with Gasteiger partial charge < -0.3 is 14.2 Å². The predicted molar refractivity (Wildman–Crippen MR) is 67.8 cm³/mol. The van der Waals surface area contributed by atoms with E-state index in [-0.39, 0.29) is 5.82 Å². The molecular weight excluding hydrogens is 264 g/mol. The summed E-state index contributed by atoms with van der Waals surface area (Å²) >= 11 is 0. The van der Waals surface area contributed by atoms with Crippen LogP contribution in [0.3, 0.4) is 0 Å². The molecule has 8 heteroatoms. The first kappa shape index (κ1) is 13.8. The number of hydrogen-bond acceptors (Lipinski definition) is 7. The molecule has 0 aliphatic heterocycles. The quantitative estimate of drug-likeness (QED) is 0.737. The number of carbonyl (C=O) groups excluding carboxylic acids is 1. The first-order valence-corrected chi connectivity index (χ1v) is 5.73. The average molecular weight is 278 g/mol. The highest BCUT2D eigenvalue weighted by Gasteiger charge is 2.15. The molecule has 0 bridgehead atoms. The molecule has 0 saturated heterocycles. The SMILES string of the molecule is COC(=O)c1ncn(Cc2nccc(OC)c2OC)n1. The van der Waals surface area contributed by atoms with Gasteiger partial charge in [-0.05, 0) is 0 Å². The van der Waals surface area contributed by atoms with E-state index in [9.17, 15) is 4.79 Å². The fourth-order valence-corrected chi connectivity index (χ4v) is 1.67. The number of methoxy groups -OCH3 is 3. The standard InChI is InChI=1S/C12H14N4O4/c1-18-9-4-5-13-8(10(9)19-2)6-16-7-14-11(15-16)12(17)20-3/h4-5,7H,6H2,1-3H3. The van der Waals surface area contributed by atoms with Crippen LogP contribution in [0.4, 0.5) is 0 Å². The van der Waals surface area contributed by atoms with Crippen LogP contribution in [-0.4, -0.2) is 47.0 Å². The largest absolute Gasteiger partial charge is 0.493 e. The van der Waals surface area contributed by atoms with E-state index in [4.69, 9.17) is 9.47 Å². The van der Waals surface area contributed by atoms with E-state index in [0.29, 0.717) is 23.7 Å². The lowest BCUT2D eigenvalue weighted by atomic mass is 10.3. The van der Waals surface area contributed by atoms with Crippen molar-refractivity contribution in [3.8, 4) is 11.5 Å². The highest BCUT2D eigenvalue weighted by Crippen LogP contribution is 2.29. The van der Waals surface area contributed by atoms with E-state index in [1.54, 1.807) is 19.4 Å². The van der Waals surface area contributed by atoms with E-state index >= 15 is 0 Å². The van der Waals surface area contributed by atoms with Crippen LogP contribution in [0.2, 0.25) is 0 Å². The molecule has 0 unspecified atom stereocenters. The van der Waals surface area contributed by atoms with Crippen LogP contribution in [0.1, 0.15) is 16.3 Å². The van der Waals surface area contributed by atoms with Crippen LogP contribution < -0.4 is 9.47 Å². The van der Waals surface area contributed by atoms with Crippen molar-refractivity contribution in [2.75, 3.05) is 21.3 Å². The van der Waals surface area contributed by atoms with Crippen LogP contribution in [0.15, 0.2) is 18.6 Å². The predicted octanol–water partition coefficient (Wildman–Crippen LogP) is 0.525. The molecule has 0 atom stereocenters. The second-order valence-corrected chi connectivity index (χ2v) is 3.75. The van der Waals surface area contributed by atoms with Crippen molar-refractivity contribution in [2.24, 2.45) is 0 Å². The number of pyridine rings is 1. The molecule has 2 heterocycles. The van der Waals surface area contributed by atoms with Crippen LogP contribution in [-0.2, 0) is 11.3 Å². The van der Waals surface area contributed by atoms with Gasteiger partial charge in [-0.1, -0.05) is 0 Å². The third kappa shape index (κ3) is 2.68. The van der Waals surface area contributed by atoms with Gasteiger partial charge in [0.15, 0.2) is 11.5 Å². The van der Waals surface area contributed by atoms with Gasteiger partial charge in [0.2, 0.25) is 0 Å². The summed E-state index contributed by atoms with van der Waals surface area (Å²) in [5.74, 6) is 0.500. The zero-order valence-corrected chi connectivity index (χ0v) is 11.4. The van der Waals surface area contributed by atoms with Crippen molar-refractivity contribution >= 4 is 5.97 Å². The minimum Gasteiger partial charge on any atom is -0.493 e. The van der Waals surface area contributed by atoms with Gasteiger partial charge in [-0.2, -0.15) is 0 Å². The molecule has 0 aliphatic rings. The number of carbonyl (C=O) groups is 1. The minimum atomic E-state index is -0.589. The normalized spacial score (nSPS) is 10.2. The number of ether oxygens (including phenoxy) is 3. The Morgan fingerprint density at radius 1 is 1.25 bits per heavy atom. The van der Waals surface area contributed by atoms with Gasteiger partial charge in [0.25, 0.3) is 5.82 Å². The Labute approximate surface area is 115 Å². The van der Waals surface area contributed by atoms with Crippen LogP contribution in [0, 0.1) is 0 Å². The highest BCUT2D eigenvalue weighted by molar-refractivity contribution is 5.84. The Morgan fingerprint density at radius 3 is 2.70 bits per heavy atom. The summed E-state index contributed by atoms with van der Waals surface area (Å²) in [6.45, 7) is 0.296. The summed E-state index contributed by atoms with van der Waals surface area (Å²) in [5, 5.41) is 4.00. The van der Waals surface area contributed by atoms with Crippen LogP contribution in [0.5, 0.6) is 11.5 Å². The molecule has 0 fully saturated rings. The number of rotatable bonds is 5. The Hall–Kier alpha value is -2.64. The summed E-state index contributed by atoms with van der Waals surface area (Å²) in [7, 11) is 4.35. The molecule has 8 nitrogen and oxygen atoms in total. The summed E-state index contributed by atoms with van der Waals surface area (Å²) in [6, 6.07) is 1.70. The van der Waals surface area contributed by atoms with Crippen LogP contribution in [0.25, 0.3) is 0 Å². The molecular formula is C12H14N4O4. The maximum atomic E-state index is 11.3. The first-order valence-electron chi connectivity index (χ1n) is 5.73. The van der Waals surface area contributed by atoms with Gasteiger partial charge in [-0.15, -0.1) is 5.10 Å². The van der Waals surface area contributed by atoms with Gasteiger partial charge in [-0.25, -0.2) is 14.5 Å². The van der Waals surface area contributed by atoms with E-state index in [2.05, 4.69) is 19.8 Å². The van der Waals surface area contributed by atoms with Crippen molar-refractivity contribution in [1.82, 2.24) is 19.7 Å². The molecule has 2 rings (SSSR count). The minimum absolute atomic E-state index is 0.00522. The lowest BCUT2D eigenvalue weighted by molar-refractivity contribution is 0.0586. The van der Waals surface area contributed by atoms with Crippen molar-refractivity contribution in [2.45, 2.75) is 6.54 Å². The van der Waals surface area contributed by atoms with E-state index in [0.717, 1.165) is 0 Å². The lowest BCUT2D eigenvalue weighted by Gasteiger charge is -2.11. The second-order valence-electron chi connectivity index (χ2n) is 3.75. The second kappa shape index (κ2) is 6.00. The summed E-state index contributed by atoms with van der Waals surface area (Å²) in [6.07, 6.45) is 3.03. The lowest BCUT2D eigenvalue weighted by Crippen LogP contribution is -2.08. The molecule has 0 amide bonds. The molecule has 0 saturated carbocycles. The topological polar surface area (TPSA) is 88.4 Å². The smallest absolute Gasteiger partial charge is 0.377 e. The van der Waals surface area contributed by atoms with Crippen LogP contribution >= 0.6 is 0 Å². The maximum Gasteiger partial charge on any atom is 0.377 e. The monoisotopic (exact) mass is 278 g/mol.